The Balaban J connectivity index is 1.42. The molecular weight excluding hydrogens is 469 g/mol. The Morgan fingerprint density at radius 3 is 2.51 bits per heavy atom. The molecule has 0 saturated carbocycles. The molecule has 1 fully saturated rings. The maximum absolute atomic E-state index is 14.1. The second-order valence-corrected chi connectivity index (χ2v) is 10.8. The summed E-state index contributed by atoms with van der Waals surface area (Å²) >= 11 is 0. The predicted molar refractivity (Wildman–Crippen MR) is 133 cm³/mol. The number of piperidine rings is 1. The number of rotatable bonds is 8. The van der Waals surface area contributed by atoms with Gasteiger partial charge in [-0.2, -0.15) is 0 Å². The molecule has 0 aliphatic carbocycles. The number of hydrogen-bond acceptors (Lipinski definition) is 5. The maximum atomic E-state index is 14.1. The van der Waals surface area contributed by atoms with Gasteiger partial charge in [-0.1, -0.05) is 26.2 Å². The number of aliphatic hydroxyl groups is 1. The Labute approximate surface area is 205 Å². The summed E-state index contributed by atoms with van der Waals surface area (Å²) in [6.07, 6.45) is 6.46. The summed E-state index contributed by atoms with van der Waals surface area (Å²) < 4.78 is 42.5. The number of carbonyl (C=O) groups is 1. The lowest BCUT2D eigenvalue weighted by Gasteiger charge is -2.38. The third-order valence-corrected chi connectivity index (χ3v) is 7.99. The van der Waals surface area contributed by atoms with Crippen molar-refractivity contribution in [2.24, 2.45) is 0 Å². The number of sulfonamides is 1. The minimum absolute atomic E-state index is 0.0477. The van der Waals surface area contributed by atoms with Crippen molar-refractivity contribution in [3.8, 4) is 0 Å². The standard InChI is InChI=1S/C26H30FN3O4S/c1-2-3-4-13-26(32)14-17-30(18-15-26)25(31)19-7-9-20(10-8-19)29-35(33,34)23-12-11-22(27)21-6-5-16-28-24(21)23/h5-12,16,29,32H,2-4,13-15,17-18H2,1H3. The van der Waals surface area contributed by atoms with Crippen LogP contribution in [-0.2, 0) is 10.0 Å². The van der Waals surface area contributed by atoms with Gasteiger partial charge in [0.15, 0.2) is 0 Å². The highest BCUT2D eigenvalue weighted by atomic mass is 32.2. The van der Waals surface area contributed by atoms with Gasteiger partial charge in [0, 0.05) is 35.9 Å². The van der Waals surface area contributed by atoms with E-state index in [4.69, 9.17) is 0 Å². The number of likely N-dealkylation sites (tertiary alicyclic amines) is 1. The quantitative estimate of drug-likeness (QED) is 0.437. The highest BCUT2D eigenvalue weighted by molar-refractivity contribution is 7.93. The number of nitrogens with one attached hydrogen (secondary N) is 1. The van der Waals surface area contributed by atoms with Crippen LogP contribution in [0.1, 0.15) is 55.8 Å². The van der Waals surface area contributed by atoms with Crippen LogP contribution >= 0.6 is 0 Å². The Morgan fingerprint density at radius 1 is 1.11 bits per heavy atom. The van der Waals surface area contributed by atoms with Gasteiger partial charge in [0.05, 0.1) is 11.1 Å². The van der Waals surface area contributed by atoms with E-state index < -0.39 is 21.4 Å². The van der Waals surface area contributed by atoms with Crippen LogP contribution in [0.4, 0.5) is 10.1 Å². The highest BCUT2D eigenvalue weighted by Crippen LogP contribution is 2.29. The van der Waals surface area contributed by atoms with Crippen molar-refractivity contribution in [1.82, 2.24) is 9.88 Å². The summed E-state index contributed by atoms with van der Waals surface area (Å²) in [4.78, 5) is 18.6. The van der Waals surface area contributed by atoms with E-state index >= 15 is 0 Å². The van der Waals surface area contributed by atoms with Crippen LogP contribution in [0.2, 0.25) is 0 Å². The second kappa shape index (κ2) is 10.3. The first-order chi connectivity index (χ1) is 16.7. The van der Waals surface area contributed by atoms with Crippen molar-refractivity contribution >= 4 is 32.5 Å². The minimum Gasteiger partial charge on any atom is -0.390 e. The summed E-state index contributed by atoms with van der Waals surface area (Å²) in [7, 11) is -4.04. The van der Waals surface area contributed by atoms with E-state index in [2.05, 4.69) is 16.6 Å². The molecule has 3 aromatic rings. The van der Waals surface area contributed by atoms with Crippen molar-refractivity contribution in [3.63, 3.8) is 0 Å². The van der Waals surface area contributed by atoms with Gasteiger partial charge < -0.3 is 10.0 Å². The number of hydrogen-bond donors (Lipinski definition) is 2. The first-order valence-corrected chi connectivity index (χ1v) is 13.4. The van der Waals surface area contributed by atoms with E-state index in [9.17, 15) is 22.7 Å². The number of amides is 1. The number of unbranched alkanes of at least 4 members (excludes halogenated alkanes) is 2. The fraction of sp³-hybridized carbons (Fsp3) is 0.385. The largest absolute Gasteiger partial charge is 0.390 e. The number of benzene rings is 2. The van der Waals surface area contributed by atoms with Crippen molar-refractivity contribution in [1.29, 1.82) is 0 Å². The molecule has 0 atom stereocenters. The second-order valence-electron chi connectivity index (χ2n) is 9.10. The molecule has 1 saturated heterocycles. The van der Waals surface area contributed by atoms with Gasteiger partial charge in [-0.25, -0.2) is 12.8 Å². The van der Waals surface area contributed by atoms with Gasteiger partial charge in [0.2, 0.25) is 0 Å². The van der Waals surface area contributed by atoms with Crippen molar-refractivity contribution in [2.45, 2.75) is 55.9 Å². The summed E-state index contributed by atoms with van der Waals surface area (Å²) in [5.41, 5.74) is 0.0664. The van der Waals surface area contributed by atoms with E-state index in [1.54, 1.807) is 23.1 Å². The van der Waals surface area contributed by atoms with Crippen molar-refractivity contribution in [3.05, 3.63) is 66.1 Å². The molecule has 0 unspecified atom stereocenters. The molecule has 7 nitrogen and oxygen atoms in total. The normalized spacial score (nSPS) is 15.8. The summed E-state index contributed by atoms with van der Waals surface area (Å²) in [5, 5.41) is 10.9. The van der Waals surface area contributed by atoms with Crippen LogP contribution in [0, 0.1) is 5.82 Å². The molecule has 9 heteroatoms. The molecule has 186 valence electrons. The first-order valence-electron chi connectivity index (χ1n) is 11.9. The van der Waals surface area contributed by atoms with E-state index in [1.807, 2.05) is 0 Å². The third kappa shape index (κ3) is 5.62. The van der Waals surface area contributed by atoms with Crippen LogP contribution < -0.4 is 4.72 Å². The van der Waals surface area contributed by atoms with E-state index in [-0.39, 0.29) is 27.4 Å². The molecule has 1 aliphatic heterocycles. The molecule has 2 aromatic carbocycles. The molecule has 0 radical (unpaired) electrons. The Hall–Kier alpha value is -3.04. The number of nitrogens with zero attached hydrogens (tertiary/aromatic N) is 2. The maximum Gasteiger partial charge on any atom is 0.264 e. The first kappa shape index (κ1) is 25.1. The molecule has 4 rings (SSSR count). The highest BCUT2D eigenvalue weighted by Gasteiger charge is 2.33. The van der Waals surface area contributed by atoms with Gasteiger partial charge >= 0.3 is 0 Å². The SMILES string of the molecule is CCCCCC1(O)CCN(C(=O)c2ccc(NS(=O)(=O)c3ccc(F)c4cccnc34)cc2)CC1. The van der Waals surface area contributed by atoms with Gasteiger partial charge in [-0.3, -0.25) is 14.5 Å². The van der Waals surface area contributed by atoms with Crippen LogP contribution in [0.15, 0.2) is 59.6 Å². The molecule has 1 aliphatic rings. The Morgan fingerprint density at radius 2 is 1.83 bits per heavy atom. The van der Waals surface area contributed by atoms with Gasteiger partial charge in [0.1, 0.15) is 10.7 Å². The fourth-order valence-electron chi connectivity index (χ4n) is 4.48. The van der Waals surface area contributed by atoms with E-state index in [1.165, 1.54) is 30.5 Å². The zero-order valence-electron chi connectivity index (χ0n) is 19.7. The number of halogens is 1. The predicted octanol–water partition coefficient (Wildman–Crippen LogP) is 4.72. The molecule has 2 heterocycles. The van der Waals surface area contributed by atoms with Crippen molar-refractivity contribution in [2.75, 3.05) is 17.8 Å². The van der Waals surface area contributed by atoms with Gasteiger partial charge in [-0.15, -0.1) is 0 Å². The van der Waals surface area contributed by atoms with Crippen LogP contribution in [0.5, 0.6) is 0 Å². The van der Waals surface area contributed by atoms with E-state index in [0.29, 0.717) is 31.5 Å². The molecule has 1 amide bonds. The lowest BCUT2D eigenvalue weighted by molar-refractivity contribution is -0.0245. The third-order valence-electron chi connectivity index (χ3n) is 6.58. The Kier molecular flexibility index (Phi) is 7.37. The summed E-state index contributed by atoms with van der Waals surface area (Å²) in [6, 6.07) is 11.5. The molecule has 0 spiro atoms. The topological polar surface area (TPSA) is 99.6 Å². The minimum atomic E-state index is -4.04. The Bertz CT molecular complexity index is 1300. The summed E-state index contributed by atoms with van der Waals surface area (Å²) in [6.45, 7) is 3.10. The molecular formula is C26H30FN3O4S. The monoisotopic (exact) mass is 499 g/mol. The van der Waals surface area contributed by atoms with Crippen LogP contribution in [0.3, 0.4) is 0 Å². The smallest absolute Gasteiger partial charge is 0.264 e. The van der Waals surface area contributed by atoms with Gasteiger partial charge in [-0.05, 0) is 67.8 Å². The number of pyridine rings is 1. The molecule has 2 N–H and O–H groups in total. The van der Waals surface area contributed by atoms with Crippen molar-refractivity contribution < 1.29 is 22.7 Å². The van der Waals surface area contributed by atoms with Gasteiger partial charge in [0.25, 0.3) is 15.9 Å². The zero-order chi connectivity index (χ0) is 25.1. The van der Waals surface area contributed by atoms with Crippen LogP contribution in [0.25, 0.3) is 10.9 Å². The molecule has 0 bridgehead atoms. The number of fused-ring (bicyclic) bond motifs is 1. The number of carbonyl (C=O) groups excluding carboxylic acids is 1. The van der Waals surface area contributed by atoms with Crippen LogP contribution in [-0.4, -0.2) is 48.0 Å². The molecule has 35 heavy (non-hydrogen) atoms. The lowest BCUT2D eigenvalue weighted by Crippen LogP contribution is -2.46. The van der Waals surface area contributed by atoms with E-state index in [0.717, 1.165) is 31.7 Å². The number of anilines is 1. The average molecular weight is 500 g/mol. The average Bonchev–Trinajstić information content (AvgIpc) is 2.85. The summed E-state index contributed by atoms with van der Waals surface area (Å²) in [5.74, 6) is -0.698. The molecule has 1 aromatic heterocycles. The zero-order valence-corrected chi connectivity index (χ0v) is 20.5. The number of aromatic nitrogens is 1. The lowest BCUT2D eigenvalue weighted by atomic mass is 9.86. The fourth-order valence-corrected chi connectivity index (χ4v) is 5.70.